The second-order valence-electron chi connectivity index (χ2n) is 8.27. The predicted octanol–water partition coefficient (Wildman–Crippen LogP) is 4.68. The van der Waals surface area contributed by atoms with Crippen LogP contribution in [-0.4, -0.2) is 23.2 Å². The number of Topliss-reactive ketones (excluding diaryl/α,β-unsaturated/α-hetero) is 1. The van der Waals surface area contributed by atoms with Crippen LogP contribution in [0.1, 0.15) is 48.8 Å². The lowest BCUT2D eigenvalue weighted by Gasteiger charge is -2.14. The van der Waals surface area contributed by atoms with Gasteiger partial charge in [0, 0.05) is 36.0 Å². The van der Waals surface area contributed by atoms with Gasteiger partial charge >= 0.3 is 0 Å². The summed E-state index contributed by atoms with van der Waals surface area (Å²) in [5.41, 5.74) is 4.00. The van der Waals surface area contributed by atoms with E-state index in [0.29, 0.717) is 25.2 Å². The molecule has 4 nitrogen and oxygen atoms in total. The molecule has 2 unspecified atom stereocenters. The number of amides is 1. The summed E-state index contributed by atoms with van der Waals surface area (Å²) in [5.74, 6) is -0.00612. The zero-order valence-corrected chi connectivity index (χ0v) is 17.2. The molecule has 2 aromatic carbocycles. The van der Waals surface area contributed by atoms with Crippen molar-refractivity contribution in [3.05, 3.63) is 71.2 Å². The van der Waals surface area contributed by atoms with Gasteiger partial charge in [-0.1, -0.05) is 24.3 Å². The molecule has 1 heterocycles. The Labute approximate surface area is 175 Å². The molecule has 0 bridgehead atoms. The first kappa shape index (κ1) is 20.3. The van der Waals surface area contributed by atoms with Crippen LogP contribution in [0.2, 0.25) is 0 Å². The van der Waals surface area contributed by atoms with Crippen LogP contribution >= 0.6 is 0 Å². The Bertz CT molecular complexity index is 1050. The third-order valence-electron chi connectivity index (χ3n) is 6.21. The van der Waals surface area contributed by atoms with Crippen LogP contribution in [0.15, 0.2) is 48.7 Å². The molecular formula is C25H27FN2O2. The molecule has 1 saturated carbocycles. The fourth-order valence-corrected chi connectivity index (χ4v) is 4.31. The number of benzene rings is 2. The van der Waals surface area contributed by atoms with Crippen molar-refractivity contribution in [3.63, 3.8) is 0 Å². The molecule has 0 aliphatic heterocycles. The van der Waals surface area contributed by atoms with Crippen molar-refractivity contribution in [2.75, 3.05) is 6.54 Å². The predicted molar refractivity (Wildman–Crippen MR) is 116 cm³/mol. The first-order valence-electron chi connectivity index (χ1n) is 10.7. The standard InChI is InChI=1S/C25H27FN2O2/c1-16(18-7-5-17(6-8-18)13-19-3-2-4-24(19)29)25(30)27-12-11-20-15-28-23-10-9-21(26)14-22(20)23/h5-10,14-16,19,28H,2-4,11-13H2,1H3,(H,27,30). The summed E-state index contributed by atoms with van der Waals surface area (Å²) in [6.45, 7) is 2.39. The monoisotopic (exact) mass is 406 g/mol. The first-order chi connectivity index (χ1) is 14.5. The molecule has 4 rings (SSSR count). The van der Waals surface area contributed by atoms with Gasteiger partial charge < -0.3 is 10.3 Å². The number of carbonyl (C=O) groups excluding carboxylic acids is 2. The number of ketones is 1. The minimum Gasteiger partial charge on any atom is -0.361 e. The lowest BCUT2D eigenvalue weighted by atomic mass is 9.94. The highest BCUT2D eigenvalue weighted by Gasteiger charge is 2.24. The number of hydrogen-bond acceptors (Lipinski definition) is 2. The van der Waals surface area contributed by atoms with Crippen molar-refractivity contribution in [2.24, 2.45) is 5.92 Å². The van der Waals surface area contributed by atoms with Crippen molar-refractivity contribution < 1.29 is 14.0 Å². The number of aromatic amines is 1. The molecule has 5 heteroatoms. The number of fused-ring (bicyclic) bond motifs is 1. The van der Waals surface area contributed by atoms with Gasteiger partial charge in [0.1, 0.15) is 11.6 Å². The number of aromatic nitrogens is 1. The fourth-order valence-electron chi connectivity index (χ4n) is 4.31. The fraction of sp³-hybridized carbons (Fsp3) is 0.360. The highest BCUT2D eigenvalue weighted by atomic mass is 19.1. The molecule has 156 valence electrons. The van der Waals surface area contributed by atoms with Gasteiger partial charge in [-0.25, -0.2) is 4.39 Å². The van der Waals surface area contributed by atoms with Gasteiger partial charge in [0.25, 0.3) is 0 Å². The maximum atomic E-state index is 13.5. The zero-order valence-electron chi connectivity index (χ0n) is 17.2. The zero-order chi connectivity index (χ0) is 21.1. The number of hydrogen-bond donors (Lipinski definition) is 2. The van der Waals surface area contributed by atoms with Crippen molar-refractivity contribution in [1.82, 2.24) is 10.3 Å². The second-order valence-corrected chi connectivity index (χ2v) is 8.27. The van der Waals surface area contributed by atoms with Gasteiger partial charge in [-0.05, 0) is 67.5 Å². The molecule has 2 atom stereocenters. The Morgan fingerprint density at radius 1 is 1.23 bits per heavy atom. The minimum absolute atomic E-state index is 0.0280. The average Bonchev–Trinajstić information content (AvgIpc) is 3.34. The number of rotatable bonds is 7. The van der Waals surface area contributed by atoms with Crippen LogP contribution in [0, 0.1) is 11.7 Å². The Hall–Kier alpha value is -2.95. The lowest BCUT2D eigenvalue weighted by molar-refractivity contribution is -0.122. The molecule has 1 aliphatic carbocycles. The van der Waals surface area contributed by atoms with E-state index in [0.717, 1.165) is 46.9 Å². The van der Waals surface area contributed by atoms with E-state index in [1.165, 1.54) is 12.1 Å². The van der Waals surface area contributed by atoms with Crippen LogP contribution < -0.4 is 5.32 Å². The van der Waals surface area contributed by atoms with E-state index >= 15 is 0 Å². The quantitative estimate of drug-likeness (QED) is 0.598. The Morgan fingerprint density at radius 3 is 2.77 bits per heavy atom. The van der Waals surface area contributed by atoms with E-state index in [1.54, 1.807) is 6.07 Å². The van der Waals surface area contributed by atoms with E-state index in [2.05, 4.69) is 10.3 Å². The third kappa shape index (κ3) is 4.45. The third-order valence-corrected chi connectivity index (χ3v) is 6.21. The largest absolute Gasteiger partial charge is 0.361 e. The maximum absolute atomic E-state index is 13.5. The highest BCUT2D eigenvalue weighted by molar-refractivity contribution is 5.85. The molecule has 2 N–H and O–H groups in total. The van der Waals surface area contributed by atoms with Gasteiger partial charge in [-0.2, -0.15) is 0 Å². The molecule has 30 heavy (non-hydrogen) atoms. The van der Waals surface area contributed by atoms with Gasteiger partial charge in [0.05, 0.1) is 5.92 Å². The summed E-state index contributed by atoms with van der Waals surface area (Å²) >= 11 is 0. The van der Waals surface area contributed by atoms with Crippen LogP contribution in [0.25, 0.3) is 10.9 Å². The number of H-pyrrole nitrogens is 1. The number of carbonyl (C=O) groups is 2. The summed E-state index contributed by atoms with van der Waals surface area (Å²) in [5, 5.41) is 3.84. The molecule has 1 amide bonds. The molecule has 1 aromatic heterocycles. The SMILES string of the molecule is CC(C(=O)NCCc1c[nH]c2ccc(F)cc12)c1ccc(CC2CCCC2=O)cc1. The van der Waals surface area contributed by atoms with Crippen molar-refractivity contribution in [1.29, 1.82) is 0 Å². The molecular weight excluding hydrogens is 379 g/mol. The minimum atomic E-state index is -0.262. The van der Waals surface area contributed by atoms with Gasteiger partial charge in [0.2, 0.25) is 5.91 Å². The van der Waals surface area contributed by atoms with Gasteiger partial charge in [-0.3, -0.25) is 9.59 Å². The van der Waals surface area contributed by atoms with Crippen molar-refractivity contribution in [2.45, 2.75) is 44.9 Å². The Balaban J connectivity index is 1.30. The molecule has 0 saturated heterocycles. The molecule has 1 fully saturated rings. The Kier molecular flexibility index (Phi) is 5.98. The van der Waals surface area contributed by atoms with Crippen LogP contribution in [0.4, 0.5) is 4.39 Å². The average molecular weight is 407 g/mol. The summed E-state index contributed by atoms with van der Waals surface area (Å²) in [6, 6.07) is 12.7. The summed E-state index contributed by atoms with van der Waals surface area (Å²) in [4.78, 5) is 27.6. The summed E-state index contributed by atoms with van der Waals surface area (Å²) in [6.07, 6.45) is 6.01. The smallest absolute Gasteiger partial charge is 0.227 e. The van der Waals surface area contributed by atoms with Crippen LogP contribution in [0.5, 0.6) is 0 Å². The van der Waals surface area contributed by atoms with Crippen LogP contribution in [-0.2, 0) is 22.4 Å². The van der Waals surface area contributed by atoms with Gasteiger partial charge in [-0.15, -0.1) is 0 Å². The van der Waals surface area contributed by atoms with E-state index in [1.807, 2.05) is 37.4 Å². The molecule has 0 radical (unpaired) electrons. The van der Waals surface area contributed by atoms with Crippen LogP contribution in [0.3, 0.4) is 0 Å². The van der Waals surface area contributed by atoms with E-state index < -0.39 is 0 Å². The lowest BCUT2D eigenvalue weighted by Crippen LogP contribution is -2.29. The van der Waals surface area contributed by atoms with Crippen molar-refractivity contribution in [3.8, 4) is 0 Å². The summed E-state index contributed by atoms with van der Waals surface area (Å²) in [7, 11) is 0. The van der Waals surface area contributed by atoms with Gasteiger partial charge in [0.15, 0.2) is 0 Å². The normalized spacial score (nSPS) is 17.4. The topological polar surface area (TPSA) is 62.0 Å². The first-order valence-corrected chi connectivity index (χ1v) is 10.7. The highest BCUT2D eigenvalue weighted by Crippen LogP contribution is 2.26. The Morgan fingerprint density at radius 2 is 2.03 bits per heavy atom. The van der Waals surface area contributed by atoms with E-state index in [9.17, 15) is 14.0 Å². The number of nitrogens with one attached hydrogen (secondary N) is 2. The maximum Gasteiger partial charge on any atom is 0.227 e. The van der Waals surface area contributed by atoms with E-state index in [4.69, 9.17) is 0 Å². The summed E-state index contributed by atoms with van der Waals surface area (Å²) < 4.78 is 13.5. The molecule has 3 aromatic rings. The van der Waals surface area contributed by atoms with E-state index in [-0.39, 0.29) is 23.6 Å². The van der Waals surface area contributed by atoms with Crippen molar-refractivity contribution >= 4 is 22.6 Å². The molecule has 1 aliphatic rings. The second kappa shape index (κ2) is 8.82. The molecule has 0 spiro atoms. The number of halogens is 1.